The highest BCUT2D eigenvalue weighted by molar-refractivity contribution is 7.76. The highest BCUT2D eigenvalue weighted by Crippen LogP contribution is 2.62. The maximum absolute atomic E-state index is 7.24. The van der Waals surface area contributed by atoms with Crippen molar-refractivity contribution in [1.29, 1.82) is 0 Å². The van der Waals surface area contributed by atoms with Crippen LogP contribution in [0, 0.1) is 17.8 Å². The van der Waals surface area contributed by atoms with Crippen molar-refractivity contribution < 1.29 is 25.8 Å². The lowest BCUT2D eigenvalue weighted by molar-refractivity contribution is -0.00552. The minimum atomic E-state index is -1.91. The molecule has 0 saturated heterocycles. The van der Waals surface area contributed by atoms with Gasteiger partial charge in [-0.1, -0.05) is 101 Å². The minimum Gasteiger partial charge on any atom is -1.00 e. The van der Waals surface area contributed by atoms with E-state index in [9.17, 15) is 0 Å². The van der Waals surface area contributed by atoms with E-state index in [-0.39, 0.29) is 34.2 Å². The summed E-state index contributed by atoms with van der Waals surface area (Å²) in [5, 5.41) is 0.207. The first kappa shape index (κ1) is 44.1. The van der Waals surface area contributed by atoms with Crippen molar-refractivity contribution >= 4 is 23.9 Å². The van der Waals surface area contributed by atoms with Crippen LogP contribution < -0.4 is 17.0 Å². The van der Waals surface area contributed by atoms with E-state index in [0.717, 1.165) is 6.42 Å². The molecule has 0 bridgehead atoms. The van der Waals surface area contributed by atoms with Gasteiger partial charge in [-0.2, -0.15) is 0 Å². The summed E-state index contributed by atoms with van der Waals surface area (Å²) >= 11 is 0. The molecule has 0 heterocycles. The van der Waals surface area contributed by atoms with E-state index in [1.165, 1.54) is 63.2 Å². The molecule has 0 aliphatic rings. The van der Waals surface area contributed by atoms with Gasteiger partial charge in [-0.05, 0) is 81.4 Å². The van der Waals surface area contributed by atoms with Crippen molar-refractivity contribution in [2.75, 3.05) is 24.6 Å². The second-order valence-corrected chi connectivity index (χ2v) is 29.4. The second kappa shape index (κ2) is 20.2. The molecule has 0 amide bonds. The highest BCUT2D eigenvalue weighted by Gasteiger charge is 2.44. The summed E-state index contributed by atoms with van der Waals surface area (Å²) in [6.07, 6.45) is 18.2. The third kappa shape index (κ3) is 16.2. The average Bonchev–Trinajstić information content (AvgIpc) is 2.84. The molecular weight excluding hydrogens is 619 g/mol. The third-order valence-corrected chi connectivity index (χ3v) is 20.0. The summed E-state index contributed by atoms with van der Waals surface area (Å²) < 4.78 is 14.3. The van der Waals surface area contributed by atoms with Crippen LogP contribution in [0.4, 0.5) is 0 Å². The Morgan fingerprint density at radius 2 is 1.20 bits per heavy atom. The van der Waals surface area contributed by atoms with E-state index in [1.807, 2.05) is 0 Å². The molecule has 0 spiro atoms. The number of halogens is 1. The van der Waals surface area contributed by atoms with Gasteiger partial charge in [0, 0.05) is 13.2 Å². The summed E-state index contributed by atoms with van der Waals surface area (Å²) in [4.78, 5) is 0. The maximum Gasteiger partial charge on any atom is 0.192 e. The second-order valence-electron chi connectivity index (χ2n) is 15.9. The van der Waals surface area contributed by atoms with Crippen LogP contribution in [0.2, 0.25) is 37.8 Å². The minimum absolute atomic E-state index is 0. The van der Waals surface area contributed by atoms with Gasteiger partial charge in [0.1, 0.15) is 0 Å². The van der Waals surface area contributed by atoms with E-state index in [2.05, 4.69) is 115 Å². The topological polar surface area (TPSA) is 18.5 Å². The van der Waals surface area contributed by atoms with Crippen molar-refractivity contribution in [3.63, 3.8) is 0 Å². The Bertz CT molecular complexity index is 692. The SMILES string of the molecule is CCCC[P+](CCCC)(CCCC)C/C(C)=C/[C@@H](C)[C@H](O[Si](C)(C)C)[C@@H](C)[C@H](O[Si](C)(C)C(C)(C)C)[C@@H](C)CC.[Br-]. The molecule has 0 aliphatic carbocycles. The van der Waals surface area contributed by atoms with Crippen LogP contribution in [0.3, 0.4) is 0 Å². The number of unbranched alkanes of at least 4 members (excludes halogenated alkanes) is 3. The zero-order valence-electron chi connectivity index (χ0n) is 30.9. The molecule has 6 heteroatoms. The van der Waals surface area contributed by atoms with Crippen LogP contribution in [-0.2, 0) is 8.85 Å². The van der Waals surface area contributed by atoms with Crippen molar-refractivity contribution in [3.05, 3.63) is 11.6 Å². The highest BCUT2D eigenvalue weighted by atomic mass is 79.9. The molecule has 0 unspecified atom stereocenters. The Kier molecular flexibility index (Phi) is 21.7. The van der Waals surface area contributed by atoms with Gasteiger partial charge in [-0.3, -0.25) is 0 Å². The molecule has 0 aromatic rings. The maximum atomic E-state index is 7.24. The fourth-order valence-electron chi connectivity index (χ4n) is 5.96. The fourth-order valence-corrected chi connectivity index (χ4v) is 14.0. The average molecular weight is 696 g/mol. The number of hydrogen-bond acceptors (Lipinski definition) is 2. The lowest BCUT2D eigenvalue weighted by atomic mass is 9.83. The Morgan fingerprint density at radius 1 is 0.756 bits per heavy atom. The van der Waals surface area contributed by atoms with Gasteiger partial charge in [0.05, 0.1) is 36.9 Å². The van der Waals surface area contributed by atoms with E-state index < -0.39 is 23.9 Å². The zero-order valence-corrected chi connectivity index (χ0v) is 35.4. The van der Waals surface area contributed by atoms with Crippen molar-refractivity contribution in [1.82, 2.24) is 0 Å². The molecule has 248 valence electrons. The molecule has 0 aromatic carbocycles. The molecule has 0 rings (SSSR count). The Hall–Kier alpha value is 1.00. The number of allylic oxidation sites excluding steroid dienone is 1. The van der Waals surface area contributed by atoms with Crippen LogP contribution >= 0.6 is 7.26 Å². The van der Waals surface area contributed by atoms with Crippen LogP contribution in [0.1, 0.15) is 121 Å². The molecule has 0 radical (unpaired) electrons. The van der Waals surface area contributed by atoms with Crippen LogP contribution in [0.25, 0.3) is 0 Å². The smallest absolute Gasteiger partial charge is 0.192 e. The van der Waals surface area contributed by atoms with Gasteiger partial charge in [0.2, 0.25) is 0 Å². The molecule has 5 atom stereocenters. The molecular formula is C35H76BrO2PSi2. The van der Waals surface area contributed by atoms with Gasteiger partial charge >= 0.3 is 0 Å². The summed E-state index contributed by atoms with van der Waals surface area (Å²) in [7, 11) is -4.61. The van der Waals surface area contributed by atoms with Gasteiger partial charge in [-0.25, -0.2) is 0 Å². The summed E-state index contributed by atoms with van der Waals surface area (Å²) in [6.45, 7) is 38.2. The van der Waals surface area contributed by atoms with E-state index in [1.54, 1.807) is 5.57 Å². The first-order chi connectivity index (χ1) is 18.3. The predicted molar refractivity (Wildman–Crippen MR) is 193 cm³/mol. The largest absolute Gasteiger partial charge is 1.00 e. The van der Waals surface area contributed by atoms with Crippen molar-refractivity contribution in [2.45, 2.75) is 171 Å². The van der Waals surface area contributed by atoms with Crippen LogP contribution in [-0.4, -0.2) is 53.5 Å². The molecule has 0 N–H and O–H groups in total. The molecule has 0 saturated carbocycles. The summed E-state index contributed by atoms with van der Waals surface area (Å²) in [6, 6.07) is 0. The standard InChI is InChI=1S/C35H76O2PSi2.BrH/c1-17-21-24-38(25-22-18-2,26-23-19-3)28-29(5)27-31(7)34(36-39(12,13)14)32(8)33(30(6)20-4)37-40(15,16)35(9,10)11;/h27,30-34H,17-26,28H2,1-16H3;1H/q+1;/p-1/b29-27+;/t30-,31+,32-,33+,34-;/m0./s1. The summed E-state index contributed by atoms with van der Waals surface area (Å²) in [5.74, 6) is 1.27. The van der Waals surface area contributed by atoms with Gasteiger partial charge < -0.3 is 25.8 Å². The van der Waals surface area contributed by atoms with E-state index in [0.29, 0.717) is 17.8 Å². The molecule has 0 aliphatic heterocycles. The van der Waals surface area contributed by atoms with E-state index in [4.69, 9.17) is 8.85 Å². The third-order valence-electron chi connectivity index (χ3n) is 9.58. The number of rotatable bonds is 21. The molecule has 2 nitrogen and oxygen atoms in total. The number of hydrogen-bond donors (Lipinski definition) is 0. The quantitative estimate of drug-likeness (QED) is 0.0677. The first-order valence-corrected chi connectivity index (χ1v) is 26.0. The molecule has 0 aromatic heterocycles. The van der Waals surface area contributed by atoms with Gasteiger partial charge in [-0.15, -0.1) is 0 Å². The zero-order chi connectivity index (χ0) is 31.4. The Morgan fingerprint density at radius 3 is 1.54 bits per heavy atom. The lowest BCUT2D eigenvalue weighted by Crippen LogP contribution is -3.00. The van der Waals surface area contributed by atoms with Crippen molar-refractivity contribution in [3.8, 4) is 0 Å². The van der Waals surface area contributed by atoms with Crippen LogP contribution in [0.5, 0.6) is 0 Å². The molecule has 0 fully saturated rings. The lowest BCUT2D eigenvalue weighted by Gasteiger charge is -2.46. The fraction of sp³-hybridized carbons (Fsp3) is 0.943. The summed E-state index contributed by atoms with van der Waals surface area (Å²) in [5.41, 5.74) is 1.63. The Labute approximate surface area is 273 Å². The normalized spacial score (nSPS) is 17.5. The Balaban J connectivity index is 0. The van der Waals surface area contributed by atoms with Gasteiger partial charge in [0.15, 0.2) is 16.6 Å². The predicted octanol–water partition coefficient (Wildman–Crippen LogP) is 9.28. The monoisotopic (exact) mass is 694 g/mol. The van der Waals surface area contributed by atoms with Crippen LogP contribution in [0.15, 0.2) is 11.6 Å². The van der Waals surface area contributed by atoms with E-state index >= 15 is 0 Å². The molecule has 41 heavy (non-hydrogen) atoms. The van der Waals surface area contributed by atoms with Crippen molar-refractivity contribution in [2.24, 2.45) is 17.8 Å². The van der Waals surface area contributed by atoms with Gasteiger partial charge in [0.25, 0.3) is 0 Å². The first-order valence-electron chi connectivity index (χ1n) is 17.2.